The van der Waals surface area contributed by atoms with Crippen LogP contribution in [0.4, 0.5) is 0 Å². The van der Waals surface area contributed by atoms with Crippen molar-refractivity contribution in [3.8, 4) is 10.6 Å². The number of carbonyl (C=O) groups is 3. The van der Waals surface area contributed by atoms with Gasteiger partial charge in [-0.25, -0.2) is 14.6 Å². The van der Waals surface area contributed by atoms with Crippen LogP contribution in [0.3, 0.4) is 0 Å². The standard InChI is InChI=1S/C35H40N8O3S/c1-22(2)18-28-32-37-23(3)41-43(32)17-16-42(35(46)30-21-47-34(40-30)24-10-5-4-6-11-24)15-9-14-31(44)38-29(33(45)39-28)19-25-20-36-27-13-8-7-12-26(25)27/h4-8,10-13,20-22,28-29,36H,9,14-19H2,1-3H3,(H,38,44)(H,39,45)/t28-,29+/m0/s1. The fourth-order valence-electron chi connectivity index (χ4n) is 6.07. The summed E-state index contributed by atoms with van der Waals surface area (Å²) in [5, 5.41) is 14.4. The molecule has 5 aromatic rings. The van der Waals surface area contributed by atoms with Gasteiger partial charge >= 0.3 is 0 Å². The number of aromatic nitrogens is 5. The summed E-state index contributed by atoms with van der Waals surface area (Å²) in [6.45, 7) is 7.09. The first-order valence-electron chi connectivity index (χ1n) is 16.1. The van der Waals surface area contributed by atoms with Crippen molar-refractivity contribution < 1.29 is 14.4 Å². The molecule has 0 aliphatic carbocycles. The molecule has 2 aromatic carbocycles. The van der Waals surface area contributed by atoms with Gasteiger partial charge in [0.2, 0.25) is 11.8 Å². The van der Waals surface area contributed by atoms with Gasteiger partial charge in [0.05, 0.1) is 12.6 Å². The third kappa shape index (κ3) is 7.60. The molecule has 12 heteroatoms. The van der Waals surface area contributed by atoms with E-state index in [9.17, 15) is 14.4 Å². The number of fused-ring (bicyclic) bond motifs is 2. The maximum Gasteiger partial charge on any atom is 0.273 e. The van der Waals surface area contributed by atoms with Crippen LogP contribution >= 0.6 is 11.3 Å². The van der Waals surface area contributed by atoms with Crippen molar-refractivity contribution in [2.24, 2.45) is 5.92 Å². The second-order valence-corrected chi connectivity index (χ2v) is 13.3. The second kappa shape index (κ2) is 14.3. The fraction of sp³-hybridized carbons (Fsp3) is 0.371. The highest BCUT2D eigenvalue weighted by molar-refractivity contribution is 7.13. The molecular weight excluding hydrogens is 613 g/mol. The highest BCUT2D eigenvalue weighted by atomic mass is 32.1. The van der Waals surface area contributed by atoms with E-state index < -0.39 is 12.1 Å². The zero-order chi connectivity index (χ0) is 32.9. The number of nitrogens with zero attached hydrogens (tertiary/aromatic N) is 5. The lowest BCUT2D eigenvalue weighted by atomic mass is 10.0. The van der Waals surface area contributed by atoms with Gasteiger partial charge in [0.25, 0.3) is 5.91 Å². The van der Waals surface area contributed by atoms with Gasteiger partial charge in [-0.15, -0.1) is 11.3 Å². The monoisotopic (exact) mass is 652 g/mol. The molecule has 1 aliphatic rings. The number of benzene rings is 2. The van der Waals surface area contributed by atoms with Crippen molar-refractivity contribution in [1.82, 2.24) is 40.3 Å². The van der Waals surface area contributed by atoms with Gasteiger partial charge in [0.1, 0.15) is 28.4 Å². The van der Waals surface area contributed by atoms with E-state index in [0.29, 0.717) is 56.2 Å². The van der Waals surface area contributed by atoms with Crippen molar-refractivity contribution in [2.45, 2.75) is 65.1 Å². The molecule has 1 aliphatic heterocycles. The molecule has 0 saturated heterocycles. The SMILES string of the molecule is Cc1nc2n(n1)CCN(C(=O)c1csc(-c3ccccc3)n1)CCCC(=O)N[C@H](Cc1c[nH]c3ccccc13)C(=O)N[C@H]2CC(C)C. The van der Waals surface area contributed by atoms with Gasteiger partial charge in [-0.3, -0.25) is 14.4 Å². The molecule has 3 aromatic heterocycles. The summed E-state index contributed by atoms with van der Waals surface area (Å²) in [6.07, 6.45) is 3.43. The third-order valence-electron chi connectivity index (χ3n) is 8.34. The number of amides is 3. The average Bonchev–Trinajstić information content (AvgIpc) is 3.80. The number of thiazole rings is 1. The lowest BCUT2D eigenvalue weighted by Gasteiger charge is -2.27. The predicted octanol–water partition coefficient (Wildman–Crippen LogP) is 5.06. The van der Waals surface area contributed by atoms with E-state index in [2.05, 4.69) is 39.5 Å². The van der Waals surface area contributed by atoms with Gasteiger partial charge in [0, 0.05) is 54.0 Å². The first-order chi connectivity index (χ1) is 22.7. The minimum absolute atomic E-state index is 0.164. The molecule has 11 nitrogen and oxygen atoms in total. The largest absolute Gasteiger partial charge is 0.361 e. The van der Waals surface area contributed by atoms with E-state index >= 15 is 0 Å². The van der Waals surface area contributed by atoms with Gasteiger partial charge in [-0.05, 0) is 37.3 Å². The Bertz CT molecular complexity index is 1860. The molecular formula is C35H40N8O3S. The van der Waals surface area contributed by atoms with Crippen LogP contribution in [0.2, 0.25) is 0 Å². The molecule has 3 amide bonds. The molecule has 0 fully saturated rings. The number of aromatic amines is 1. The Labute approximate surface area is 277 Å². The first-order valence-corrected chi connectivity index (χ1v) is 17.0. The molecule has 3 N–H and O–H groups in total. The highest BCUT2D eigenvalue weighted by Gasteiger charge is 2.30. The summed E-state index contributed by atoms with van der Waals surface area (Å²) in [4.78, 5) is 55.5. The first kappa shape index (κ1) is 32.1. The van der Waals surface area contributed by atoms with Gasteiger partial charge in [-0.2, -0.15) is 5.10 Å². The van der Waals surface area contributed by atoms with Crippen LogP contribution in [0, 0.1) is 12.8 Å². The van der Waals surface area contributed by atoms with Gasteiger partial charge in [0.15, 0.2) is 0 Å². The molecule has 0 saturated carbocycles. The zero-order valence-electron chi connectivity index (χ0n) is 26.9. The zero-order valence-corrected chi connectivity index (χ0v) is 27.7. The minimum Gasteiger partial charge on any atom is -0.361 e. The number of nitrogens with one attached hydrogen (secondary N) is 3. The van der Waals surface area contributed by atoms with Crippen LogP contribution in [-0.4, -0.2) is 66.5 Å². The number of para-hydroxylation sites is 1. The number of aryl methyl sites for hydroxylation is 1. The summed E-state index contributed by atoms with van der Waals surface area (Å²) in [7, 11) is 0. The van der Waals surface area contributed by atoms with Crippen molar-refractivity contribution >= 4 is 40.0 Å². The molecule has 47 heavy (non-hydrogen) atoms. The normalized spacial score (nSPS) is 18.1. The van der Waals surface area contributed by atoms with Gasteiger partial charge in [-0.1, -0.05) is 62.4 Å². The van der Waals surface area contributed by atoms with Crippen molar-refractivity contribution in [1.29, 1.82) is 0 Å². The third-order valence-corrected chi connectivity index (χ3v) is 9.23. The maximum absolute atomic E-state index is 14.0. The Balaban J connectivity index is 1.29. The number of hydrogen-bond donors (Lipinski definition) is 3. The Hall–Kier alpha value is -4.84. The van der Waals surface area contributed by atoms with E-state index in [1.807, 2.05) is 67.7 Å². The van der Waals surface area contributed by atoms with Crippen LogP contribution < -0.4 is 10.6 Å². The van der Waals surface area contributed by atoms with Gasteiger partial charge < -0.3 is 20.5 Å². The van der Waals surface area contributed by atoms with Crippen molar-refractivity contribution in [2.75, 3.05) is 13.1 Å². The van der Waals surface area contributed by atoms with E-state index in [-0.39, 0.29) is 30.1 Å². The Morgan fingerprint density at radius 3 is 2.57 bits per heavy atom. The molecule has 0 unspecified atom stereocenters. The molecule has 6 rings (SSSR count). The molecule has 0 bridgehead atoms. The molecule has 4 heterocycles. The Morgan fingerprint density at radius 1 is 0.979 bits per heavy atom. The fourth-order valence-corrected chi connectivity index (χ4v) is 6.87. The van der Waals surface area contributed by atoms with Crippen molar-refractivity contribution in [3.63, 3.8) is 0 Å². The minimum atomic E-state index is -0.805. The van der Waals surface area contributed by atoms with Crippen LogP contribution in [0.1, 0.15) is 66.9 Å². The van der Waals surface area contributed by atoms with E-state index in [4.69, 9.17) is 4.98 Å². The number of rotatable bonds is 6. The molecule has 244 valence electrons. The predicted molar refractivity (Wildman–Crippen MR) is 182 cm³/mol. The van der Waals surface area contributed by atoms with Crippen LogP contribution in [0.15, 0.2) is 66.2 Å². The summed E-state index contributed by atoms with van der Waals surface area (Å²) in [6, 6.07) is 16.4. The number of hydrogen-bond acceptors (Lipinski definition) is 7. The molecule has 2 atom stereocenters. The quantitative estimate of drug-likeness (QED) is 0.235. The second-order valence-electron chi connectivity index (χ2n) is 12.4. The summed E-state index contributed by atoms with van der Waals surface area (Å²) in [5.41, 5.74) is 3.24. The highest BCUT2D eigenvalue weighted by Crippen LogP contribution is 2.25. The average molecular weight is 653 g/mol. The van der Waals surface area contributed by atoms with Crippen LogP contribution in [0.25, 0.3) is 21.5 Å². The lowest BCUT2D eigenvalue weighted by molar-refractivity contribution is -0.129. The van der Waals surface area contributed by atoms with Crippen LogP contribution in [0.5, 0.6) is 0 Å². The summed E-state index contributed by atoms with van der Waals surface area (Å²) >= 11 is 1.43. The van der Waals surface area contributed by atoms with E-state index in [1.54, 1.807) is 15.0 Å². The Kier molecular flexibility index (Phi) is 9.76. The van der Waals surface area contributed by atoms with Crippen molar-refractivity contribution in [3.05, 3.63) is 89.1 Å². The molecule has 0 radical (unpaired) electrons. The molecule has 0 spiro atoms. The Morgan fingerprint density at radius 2 is 1.77 bits per heavy atom. The van der Waals surface area contributed by atoms with E-state index in [1.165, 1.54) is 11.3 Å². The topological polar surface area (TPSA) is 138 Å². The summed E-state index contributed by atoms with van der Waals surface area (Å²) < 4.78 is 1.80. The maximum atomic E-state index is 14.0. The van der Waals surface area contributed by atoms with Crippen LogP contribution in [-0.2, 0) is 22.6 Å². The number of carbonyl (C=O) groups excluding carboxylic acids is 3. The smallest absolute Gasteiger partial charge is 0.273 e. The van der Waals surface area contributed by atoms with E-state index in [0.717, 1.165) is 27.0 Å². The lowest BCUT2D eigenvalue weighted by Crippen LogP contribution is -2.49. The summed E-state index contributed by atoms with van der Waals surface area (Å²) in [5.74, 6) is 0.750. The number of H-pyrrole nitrogens is 1.